The van der Waals surface area contributed by atoms with E-state index < -0.39 is 0 Å². The van der Waals surface area contributed by atoms with Crippen LogP contribution in [0.3, 0.4) is 0 Å². The normalized spacial score (nSPS) is 14.0. The zero-order chi connectivity index (χ0) is 21.1. The van der Waals surface area contributed by atoms with Gasteiger partial charge in [0.05, 0.1) is 13.2 Å². The maximum Gasteiger partial charge on any atom is 0.246 e. The van der Waals surface area contributed by atoms with Crippen molar-refractivity contribution in [2.75, 3.05) is 36.5 Å². The van der Waals surface area contributed by atoms with Crippen molar-refractivity contribution in [2.24, 2.45) is 0 Å². The number of carbonyl (C=O) groups excluding carboxylic acids is 1. The third-order valence-electron chi connectivity index (χ3n) is 5.17. The number of hydrogen-bond donors (Lipinski definition) is 1. The Balaban J connectivity index is 1.58. The summed E-state index contributed by atoms with van der Waals surface area (Å²) in [6.07, 6.45) is 1.93. The van der Waals surface area contributed by atoms with Crippen LogP contribution in [0.4, 0.5) is 11.5 Å². The van der Waals surface area contributed by atoms with E-state index in [9.17, 15) is 4.79 Å². The van der Waals surface area contributed by atoms with Gasteiger partial charge < -0.3 is 15.0 Å². The lowest BCUT2D eigenvalue weighted by Gasteiger charge is -2.27. The fourth-order valence-corrected chi connectivity index (χ4v) is 3.75. The number of nitrogens with one attached hydrogen (secondary N) is 1. The molecule has 1 N–H and O–H groups in total. The van der Waals surface area contributed by atoms with E-state index >= 15 is 0 Å². The van der Waals surface area contributed by atoms with Gasteiger partial charge in [-0.05, 0) is 43.2 Å². The van der Waals surface area contributed by atoms with E-state index in [1.165, 1.54) is 5.56 Å². The van der Waals surface area contributed by atoms with Crippen LogP contribution in [0.1, 0.15) is 11.1 Å². The molecule has 4 rings (SSSR count). The molecule has 3 aromatic rings. The van der Waals surface area contributed by atoms with Gasteiger partial charge in [-0.3, -0.25) is 9.48 Å². The summed E-state index contributed by atoms with van der Waals surface area (Å²) < 4.78 is 7.18. The maximum absolute atomic E-state index is 12.7. The predicted octanol–water partition coefficient (Wildman–Crippen LogP) is 4.30. The van der Waals surface area contributed by atoms with Crippen LogP contribution in [-0.2, 0) is 16.1 Å². The lowest BCUT2D eigenvalue weighted by atomic mass is 10.1. The van der Waals surface area contributed by atoms with E-state index in [-0.39, 0.29) is 12.5 Å². The van der Waals surface area contributed by atoms with Crippen molar-refractivity contribution < 1.29 is 9.53 Å². The Morgan fingerprint density at radius 3 is 2.57 bits per heavy atom. The average Bonchev–Trinajstić information content (AvgIpc) is 3.15. The van der Waals surface area contributed by atoms with E-state index in [4.69, 9.17) is 21.4 Å². The van der Waals surface area contributed by atoms with Crippen molar-refractivity contribution in [3.8, 4) is 11.1 Å². The first kappa shape index (κ1) is 20.4. The first-order valence-corrected chi connectivity index (χ1v) is 10.4. The molecule has 1 fully saturated rings. The van der Waals surface area contributed by atoms with E-state index in [2.05, 4.69) is 16.3 Å². The smallest absolute Gasteiger partial charge is 0.246 e. The SMILES string of the molecule is Cc1ccc(NC(=O)Cn2cc(-c3ccc(Cl)cc3)c(N3CCOCC3)n2)c(C)c1. The van der Waals surface area contributed by atoms with Crippen LogP contribution in [0.25, 0.3) is 11.1 Å². The molecule has 1 aliphatic heterocycles. The number of hydrogen-bond acceptors (Lipinski definition) is 4. The molecule has 7 heteroatoms. The molecule has 0 bridgehead atoms. The summed E-state index contributed by atoms with van der Waals surface area (Å²) in [5.41, 5.74) is 5.03. The lowest BCUT2D eigenvalue weighted by molar-refractivity contribution is -0.116. The molecule has 30 heavy (non-hydrogen) atoms. The van der Waals surface area contributed by atoms with Crippen LogP contribution in [0.15, 0.2) is 48.7 Å². The zero-order valence-electron chi connectivity index (χ0n) is 17.2. The van der Waals surface area contributed by atoms with Crippen LogP contribution in [0, 0.1) is 13.8 Å². The Bertz CT molecular complexity index is 1040. The highest BCUT2D eigenvalue weighted by molar-refractivity contribution is 6.30. The van der Waals surface area contributed by atoms with Crippen molar-refractivity contribution >= 4 is 29.0 Å². The van der Waals surface area contributed by atoms with E-state index in [0.717, 1.165) is 41.3 Å². The second-order valence-electron chi connectivity index (χ2n) is 7.54. The summed E-state index contributed by atoms with van der Waals surface area (Å²) >= 11 is 6.06. The Kier molecular flexibility index (Phi) is 6.06. The quantitative estimate of drug-likeness (QED) is 0.663. The van der Waals surface area contributed by atoms with Crippen LogP contribution in [0.2, 0.25) is 5.02 Å². The molecule has 1 aliphatic rings. The van der Waals surface area contributed by atoms with Gasteiger partial charge in [-0.15, -0.1) is 0 Å². The molecule has 0 aliphatic carbocycles. The van der Waals surface area contributed by atoms with Gasteiger partial charge >= 0.3 is 0 Å². The Morgan fingerprint density at radius 1 is 1.13 bits per heavy atom. The number of anilines is 2. The fourth-order valence-electron chi connectivity index (χ4n) is 3.62. The molecule has 1 aromatic heterocycles. The number of rotatable bonds is 5. The molecule has 156 valence electrons. The van der Waals surface area contributed by atoms with Gasteiger partial charge in [-0.1, -0.05) is 41.4 Å². The summed E-state index contributed by atoms with van der Waals surface area (Å²) in [5.74, 6) is 0.751. The number of morpholine rings is 1. The first-order chi connectivity index (χ1) is 14.5. The van der Waals surface area contributed by atoms with Crippen molar-refractivity contribution in [2.45, 2.75) is 20.4 Å². The standard InChI is InChI=1S/C23H25ClN4O2/c1-16-3-8-21(17(2)13-16)25-22(29)15-28-14-20(18-4-6-19(24)7-5-18)23(26-28)27-9-11-30-12-10-27/h3-8,13-14H,9-12,15H2,1-2H3,(H,25,29). The van der Waals surface area contributed by atoms with Gasteiger partial charge in [0, 0.05) is 35.6 Å². The highest BCUT2D eigenvalue weighted by Gasteiger charge is 2.21. The number of nitrogens with zero attached hydrogens (tertiary/aromatic N) is 3. The lowest BCUT2D eigenvalue weighted by Crippen LogP contribution is -2.36. The number of carbonyl (C=O) groups is 1. The summed E-state index contributed by atoms with van der Waals surface area (Å²) in [4.78, 5) is 14.9. The van der Waals surface area contributed by atoms with Gasteiger partial charge in [0.1, 0.15) is 6.54 Å². The molecule has 1 amide bonds. The average molecular weight is 425 g/mol. The van der Waals surface area contributed by atoms with Gasteiger partial charge in [-0.2, -0.15) is 5.10 Å². The van der Waals surface area contributed by atoms with Crippen LogP contribution in [0.5, 0.6) is 0 Å². The number of halogens is 1. The van der Waals surface area contributed by atoms with E-state index in [0.29, 0.717) is 18.2 Å². The first-order valence-electron chi connectivity index (χ1n) is 10.0. The van der Waals surface area contributed by atoms with Gasteiger partial charge in [0.25, 0.3) is 0 Å². The number of aromatic nitrogens is 2. The minimum Gasteiger partial charge on any atom is -0.378 e. The second kappa shape index (κ2) is 8.90. The van der Waals surface area contributed by atoms with Crippen LogP contribution < -0.4 is 10.2 Å². The van der Waals surface area contributed by atoms with Crippen molar-refractivity contribution in [3.05, 3.63) is 64.8 Å². The molecular weight excluding hydrogens is 400 g/mol. The van der Waals surface area contributed by atoms with Crippen LogP contribution >= 0.6 is 11.6 Å². The number of ether oxygens (including phenoxy) is 1. The monoisotopic (exact) mass is 424 g/mol. The summed E-state index contributed by atoms with van der Waals surface area (Å²) in [5, 5.41) is 8.42. The molecule has 0 unspecified atom stereocenters. The molecule has 2 heterocycles. The van der Waals surface area contributed by atoms with Crippen LogP contribution in [-0.4, -0.2) is 42.0 Å². The topological polar surface area (TPSA) is 59.4 Å². The van der Waals surface area contributed by atoms with Crippen molar-refractivity contribution in [1.29, 1.82) is 0 Å². The fraction of sp³-hybridized carbons (Fsp3) is 0.304. The zero-order valence-corrected chi connectivity index (χ0v) is 17.9. The molecule has 0 atom stereocenters. The second-order valence-corrected chi connectivity index (χ2v) is 7.97. The molecule has 1 saturated heterocycles. The molecular formula is C23H25ClN4O2. The molecule has 0 spiro atoms. The summed E-state index contributed by atoms with van der Waals surface area (Å²) in [6, 6.07) is 13.7. The molecule has 0 saturated carbocycles. The van der Waals surface area contributed by atoms with Crippen molar-refractivity contribution in [1.82, 2.24) is 9.78 Å². The minimum absolute atomic E-state index is 0.111. The molecule has 2 aromatic carbocycles. The third kappa shape index (κ3) is 4.66. The largest absolute Gasteiger partial charge is 0.378 e. The van der Waals surface area contributed by atoms with Gasteiger partial charge in [0.2, 0.25) is 5.91 Å². The highest BCUT2D eigenvalue weighted by Crippen LogP contribution is 2.31. The number of aryl methyl sites for hydroxylation is 2. The molecule has 6 nitrogen and oxygen atoms in total. The third-order valence-corrected chi connectivity index (χ3v) is 5.42. The summed E-state index contributed by atoms with van der Waals surface area (Å²) in [6.45, 7) is 7.04. The van der Waals surface area contributed by atoms with Gasteiger partial charge in [-0.25, -0.2) is 0 Å². The Hall–Kier alpha value is -2.83. The Labute approximate surface area is 181 Å². The van der Waals surface area contributed by atoms with Gasteiger partial charge in [0.15, 0.2) is 5.82 Å². The van der Waals surface area contributed by atoms with E-state index in [1.807, 2.05) is 56.4 Å². The predicted molar refractivity (Wildman–Crippen MR) is 120 cm³/mol. The highest BCUT2D eigenvalue weighted by atomic mass is 35.5. The maximum atomic E-state index is 12.7. The Morgan fingerprint density at radius 2 is 1.87 bits per heavy atom. The minimum atomic E-state index is -0.111. The van der Waals surface area contributed by atoms with E-state index in [1.54, 1.807) is 4.68 Å². The molecule has 0 radical (unpaired) electrons. The summed E-state index contributed by atoms with van der Waals surface area (Å²) in [7, 11) is 0. The number of benzene rings is 2. The van der Waals surface area contributed by atoms with Crippen molar-refractivity contribution in [3.63, 3.8) is 0 Å². The number of amides is 1.